The van der Waals surface area contributed by atoms with Gasteiger partial charge in [-0.1, -0.05) is 0 Å². The molecule has 2 aliphatic heterocycles. The highest BCUT2D eigenvalue weighted by atomic mass is 31.3. The highest BCUT2D eigenvalue weighted by Crippen LogP contribution is 2.66. The summed E-state index contributed by atoms with van der Waals surface area (Å²) in [6.07, 6.45) is -2.13. The van der Waals surface area contributed by atoms with E-state index in [0.29, 0.717) is 0 Å². The first-order valence-corrected chi connectivity index (χ1v) is 13.5. The summed E-state index contributed by atoms with van der Waals surface area (Å²) in [6, 6.07) is 1.79. The van der Waals surface area contributed by atoms with Crippen molar-refractivity contribution in [2.45, 2.75) is 23.4 Å². The number of nitrogens with zero attached hydrogens (tertiary/aromatic N) is 4. The molecule has 4 heterocycles. The van der Waals surface area contributed by atoms with Gasteiger partial charge >= 0.3 is 23.5 Å². The molecule has 2 aliphatic rings. The molecular formula is C12H15N6O14P3. The number of aliphatic hydroxyl groups is 1. The van der Waals surface area contributed by atoms with Gasteiger partial charge < -0.3 is 39.9 Å². The Kier molecular flexibility index (Phi) is 6.11. The van der Waals surface area contributed by atoms with Crippen LogP contribution in [0.3, 0.4) is 0 Å². The summed E-state index contributed by atoms with van der Waals surface area (Å²) in [5.41, 5.74) is 0.0620. The number of hydrogen-bond acceptors (Lipinski definition) is 14. The molecule has 2 bridgehead atoms. The molecule has 6 atom stereocenters. The average Bonchev–Trinajstić information content (AvgIpc) is 3.33. The quantitative estimate of drug-likeness (QED) is 0.165. The van der Waals surface area contributed by atoms with Gasteiger partial charge in [-0.25, -0.2) is 23.2 Å². The van der Waals surface area contributed by atoms with Crippen molar-refractivity contribution in [3.63, 3.8) is 0 Å². The second kappa shape index (κ2) is 8.23. The largest absolute Gasteiger partial charge is 0.490 e. The molecule has 192 valence electrons. The molecule has 0 amide bonds. The van der Waals surface area contributed by atoms with E-state index in [-0.39, 0.29) is 17.3 Å². The Labute approximate surface area is 192 Å². The third-order valence-corrected chi connectivity index (χ3v) is 8.71. The minimum Gasteiger partial charge on any atom is -0.387 e. The van der Waals surface area contributed by atoms with E-state index >= 15 is 0 Å². The minimum atomic E-state index is -5.79. The first-order chi connectivity index (χ1) is 16.0. The fraction of sp³-hybridized carbons (Fsp3) is 0.500. The zero-order valence-electron chi connectivity index (χ0n) is 16.8. The molecule has 0 spiro atoms. The van der Waals surface area contributed by atoms with Crippen LogP contribution in [0.15, 0.2) is 11.0 Å². The number of fused-ring (bicyclic) bond motifs is 3. The number of rotatable bonds is 8. The van der Waals surface area contributed by atoms with Crippen molar-refractivity contribution >= 4 is 35.1 Å². The van der Waals surface area contributed by atoms with Crippen LogP contribution in [-0.4, -0.2) is 75.3 Å². The normalized spacial score (nSPS) is 31.8. The average molecular weight is 560 g/mol. The number of nitrogens with two attached hydrogens (primary N) is 1. The van der Waals surface area contributed by atoms with Crippen LogP contribution in [0.2, 0.25) is 0 Å². The third kappa shape index (κ3) is 4.59. The van der Waals surface area contributed by atoms with Crippen LogP contribution in [0.4, 0.5) is 5.95 Å². The molecule has 2 aromatic heterocycles. The van der Waals surface area contributed by atoms with E-state index in [1.807, 2.05) is 0 Å². The molecular weight excluding hydrogens is 545 g/mol. The van der Waals surface area contributed by atoms with Crippen molar-refractivity contribution in [2.24, 2.45) is 0 Å². The van der Waals surface area contributed by atoms with Crippen LogP contribution in [0.5, 0.6) is 0 Å². The number of imidazole rings is 1. The lowest BCUT2D eigenvalue weighted by Gasteiger charge is -2.34. The molecule has 2 aromatic rings. The molecule has 4 rings (SSSR count). The summed E-state index contributed by atoms with van der Waals surface area (Å²) in [5.74, 6) is -0.346. The van der Waals surface area contributed by atoms with Crippen LogP contribution >= 0.6 is 23.5 Å². The summed E-state index contributed by atoms with van der Waals surface area (Å²) in [6.45, 7) is -1.60. The van der Waals surface area contributed by atoms with Gasteiger partial charge in [-0.3, -0.25) is 14.3 Å². The second-order valence-corrected chi connectivity index (χ2v) is 11.7. The Bertz CT molecular complexity index is 1430. The lowest BCUT2D eigenvalue weighted by Crippen LogP contribution is -2.48. The number of aromatic amines is 1. The fourth-order valence-electron chi connectivity index (χ4n) is 3.64. The van der Waals surface area contributed by atoms with Gasteiger partial charge in [0.15, 0.2) is 0 Å². The molecule has 0 aromatic carbocycles. The standard InChI is InChI=1S/C12H15N6O14P3/c13-2-12(5-1-15-8-9(20)16-10(14)17-18(5)8)7-6(19)11(30-12,3-28-7)4-29-34(24,25)32-35(26,27)31-33(21,22)23/h1,6-7,19H,3-4H2,(H,24,25)(H,26,27)(H2,21,22,23)(H3,14,16,17,20)/t6-,7+,11+,12-/m0/s1. The van der Waals surface area contributed by atoms with Crippen LogP contribution < -0.4 is 11.3 Å². The monoisotopic (exact) mass is 560 g/mol. The number of ether oxygens (including phenoxy) is 2. The minimum absolute atomic E-state index is 0.197. The van der Waals surface area contributed by atoms with Gasteiger partial charge in [0.2, 0.25) is 17.2 Å². The summed E-state index contributed by atoms with van der Waals surface area (Å²) in [7, 11) is -17.0. The first-order valence-electron chi connectivity index (χ1n) is 8.97. The van der Waals surface area contributed by atoms with Gasteiger partial charge in [-0.15, -0.1) is 5.10 Å². The van der Waals surface area contributed by atoms with Crippen molar-refractivity contribution in [1.29, 1.82) is 5.26 Å². The SMILES string of the molecule is N#C[C@@]1(c2cnc3c(=O)[nH]c(N)nn23)O[C@@]2(COP(=O)(O)OP(=O)(O)OP(=O)(O)O)CO[C@@H]1[C@@H]2O. The smallest absolute Gasteiger partial charge is 0.387 e. The number of aliphatic hydroxyl groups excluding tert-OH is 1. The van der Waals surface area contributed by atoms with Crippen LogP contribution in [0, 0.1) is 11.3 Å². The topological polar surface area (TPSA) is 311 Å². The number of hydrogen-bond donors (Lipinski definition) is 7. The lowest BCUT2D eigenvalue weighted by atomic mass is 9.92. The van der Waals surface area contributed by atoms with Crippen molar-refractivity contribution in [2.75, 3.05) is 18.9 Å². The third-order valence-electron chi connectivity index (χ3n) is 4.92. The van der Waals surface area contributed by atoms with Crippen molar-refractivity contribution in [3.05, 3.63) is 22.2 Å². The number of nitrogens with one attached hydrogen (secondary N) is 1. The van der Waals surface area contributed by atoms with Gasteiger partial charge in [0.05, 0.1) is 19.4 Å². The molecule has 23 heteroatoms. The first kappa shape index (κ1) is 26.0. The maximum atomic E-state index is 12.1. The molecule has 8 N–H and O–H groups in total. The summed E-state index contributed by atoms with van der Waals surface area (Å²) in [5, 5.41) is 24.5. The van der Waals surface area contributed by atoms with Gasteiger partial charge in [0.25, 0.3) is 5.56 Å². The van der Waals surface area contributed by atoms with E-state index < -0.39 is 65.7 Å². The van der Waals surface area contributed by atoms with Gasteiger partial charge in [-0.05, 0) is 0 Å². The summed E-state index contributed by atoms with van der Waals surface area (Å²) < 4.78 is 58.2. The number of aromatic nitrogens is 4. The van der Waals surface area contributed by atoms with Crippen molar-refractivity contribution in [3.8, 4) is 6.07 Å². The maximum absolute atomic E-state index is 12.1. The number of nitrogen functional groups attached to an aromatic ring is 1. The Balaban J connectivity index is 1.62. The summed E-state index contributed by atoms with van der Waals surface area (Å²) in [4.78, 5) is 54.2. The predicted octanol–water partition coefficient (Wildman–Crippen LogP) is -2.41. The predicted molar refractivity (Wildman–Crippen MR) is 105 cm³/mol. The van der Waals surface area contributed by atoms with Gasteiger partial charge in [0.1, 0.15) is 29.6 Å². The van der Waals surface area contributed by atoms with E-state index in [1.165, 1.54) is 0 Å². The highest BCUT2D eigenvalue weighted by Gasteiger charge is 2.71. The Morgan fingerprint density at radius 1 is 1.29 bits per heavy atom. The van der Waals surface area contributed by atoms with E-state index in [2.05, 4.69) is 28.2 Å². The fourth-order valence-corrected chi connectivity index (χ4v) is 6.72. The zero-order chi connectivity index (χ0) is 26.0. The number of H-pyrrole nitrogens is 1. The molecule has 2 saturated heterocycles. The molecule has 20 nitrogen and oxygen atoms in total. The number of anilines is 1. The van der Waals surface area contributed by atoms with Crippen LogP contribution in [-0.2, 0) is 41.9 Å². The van der Waals surface area contributed by atoms with E-state index in [1.54, 1.807) is 6.07 Å². The molecule has 0 aliphatic carbocycles. The van der Waals surface area contributed by atoms with Gasteiger partial charge in [0, 0.05) is 0 Å². The van der Waals surface area contributed by atoms with E-state index in [4.69, 9.17) is 25.0 Å². The van der Waals surface area contributed by atoms with E-state index in [9.17, 15) is 38.6 Å². The number of nitriles is 1. The van der Waals surface area contributed by atoms with Crippen molar-refractivity contribution in [1.82, 2.24) is 19.6 Å². The van der Waals surface area contributed by atoms with Gasteiger partial charge in [-0.2, -0.15) is 13.9 Å². The Hall–Kier alpha value is -2.07. The molecule has 35 heavy (non-hydrogen) atoms. The Morgan fingerprint density at radius 2 is 1.97 bits per heavy atom. The Morgan fingerprint density at radius 3 is 2.60 bits per heavy atom. The highest BCUT2D eigenvalue weighted by molar-refractivity contribution is 7.66. The molecule has 2 unspecified atom stereocenters. The lowest BCUT2D eigenvalue weighted by molar-refractivity contribution is -0.195. The zero-order valence-corrected chi connectivity index (χ0v) is 19.4. The summed E-state index contributed by atoms with van der Waals surface area (Å²) >= 11 is 0. The molecule has 2 fully saturated rings. The molecule has 0 radical (unpaired) electrons. The van der Waals surface area contributed by atoms with Crippen molar-refractivity contribution < 1.29 is 61.0 Å². The number of phosphoric acid groups is 3. The van der Waals surface area contributed by atoms with Crippen LogP contribution in [0.25, 0.3) is 5.65 Å². The van der Waals surface area contributed by atoms with Crippen LogP contribution in [0.1, 0.15) is 5.69 Å². The molecule has 0 saturated carbocycles. The van der Waals surface area contributed by atoms with E-state index in [0.717, 1.165) is 10.7 Å². The number of phosphoric ester groups is 1. The maximum Gasteiger partial charge on any atom is 0.490 e. The second-order valence-electron chi connectivity index (χ2n) is 7.27.